The average molecular weight is 596 g/mol. The maximum atomic E-state index is 14.4. The van der Waals surface area contributed by atoms with Gasteiger partial charge in [0, 0.05) is 35.6 Å². The number of amides is 1. The lowest BCUT2D eigenvalue weighted by molar-refractivity contribution is -0.162. The van der Waals surface area contributed by atoms with Gasteiger partial charge in [0.25, 0.3) is 0 Å². The van der Waals surface area contributed by atoms with Crippen LogP contribution in [0.1, 0.15) is 75.5 Å². The van der Waals surface area contributed by atoms with Crippen LogP contribution in [-0.4, -0.2) is 59.5 Å². The number of sulfonamides is 1. The molecule has 1 aliphatic heterocycles. The first-order valence-electron chi connectivity index (χ1n) is 13.4. The smallest absolute Gasteiger partial charge is 0.304 e. The van der Waals surface area contributed by atoms with Gasteiger partial charge in [-0.15, -0.1) is 0 Å². The maximum absolute atomic E-state index is 14.4. The zero-order chi connectivity index (χ0) is 28.5. The third-order valence-corrected chi connectivity index (χ3v) is 11.2. The molecule has 0 bridgehead atoms. The Morgan fingerprint density at radius 1 is 1.13 bits per heavy atom. The minimum atomic E-state index is -3.36. The number of hydrogen-bond acceptors (Lipinski definition) is 4. The number of carbonyl (C=O) groups excluding carboxylic acids is 1. The van der Waals surface area contributed by atoms with E-state index in [0.717, 1.165) is 11.1 Å². The molecule has 1 heterocycles. The molecule has 10 heteroatoms. The van der Waals surface area contributed by atoms with Crippen molar-refractivity contribution >= 4 is 45.1 Å². The highest BCUT2D eigenvalue weighted by atomic mass is 35.5. The van der Waals surface area contributed by atoms with Gasteiger partial charge in [-0.2, -0.15) is 0 Å². The Balaban J connectivity index is 1.79. The predicted octanol–water partition coefficient (Wildman–Crippen LogP) is 6.12. The molecule has 2 fully saturated rings. The molecule has 212 valence electrons. The number of likely N-dealkylation sites (tertiary alicyclic amines) is 1. The lowest BCUT2D eigenvalue weighted by atomic mass is 9.65. The number of halogens is 2. The maximum Gasteiger partial charge on any atom is 0.304 e. The van der Waals surface area contributed by atoms with Crippen molar-refractivity contribution in [2.24, 2.45) is 5.41 Å². The van der Waals surface area contributed by atoms with Crippen LogP contribution >= 0.6 is 23.2 Å². The average Bonchev–Trinajstić information content (AvgIpc) is 3.74. The second kappa shape index (κ2) is 11.8. The third kappa shape index (κ3) is 6.29. The number of nitrogens with zero attached hydrogens (tertiary/aromatic N) is 2. The molecule has 2 aliphatic rings. The molecule has 1 amide bonds. The first-order chi connectivity index (χ1) is 18.4. The topological polar surface area (TPSA) is 95.0 Å². The van der Waals surface area contributed by atoms with E-state index in [1.807, 2.05) is 49.1 Å². The molecule has 2 aromatic carbocycles. The minimum Gasteiger partial charge on any atom is -0.481 e. The first-order valence-corrected chi connectivity index (χ1v) is 15.7. The van der Waals surface area contributed by atoms with E-state index in [1.165, 1.54) is 4.31 Å². The van der Waals surface area contributed by atoms with Gasteiger partial charge >= 0.3 is 5.97 Å². The molecular formula is C29H36Cl2N2O5S. The molecule has 4 atom stereocenters. The summed E-state index contributed by atoms with van der Waals surface area (Å²) < 4.78 is 26.9. The predicted molar refractivity (Wildman–Crippen MR) is 153 cm³/mol. The van der Waals surface area contributed by atoms with E-state index in [2.05, 4.69) is 0 Å². The van der Waals surface area contributed by atoms with E-state index in [1.54, 1.807) is 25.2 Å². The fraction of sp³-hybridized carbons (Fsp3) is 0.517. The number of carboxylic acid groups (broad SMARTS) is 1. The summed E-state index contributed by atoms with van der Waals surface area (Å²) in [5.41, 5.74) is 0.689. The second-order valence-corrected chi connectivity index (χ2v) is 14.2. The summed E-state index contributed by atoms with van der Waals surface area (Å²) in [6, 6.07) is 14.1. The zero-order valence-electron chi connectivity index (χ0n) is 22.5. The van der Waals surface area contributed by atoms with Crippen LogP contribution in [0, 0.1) is 5.41 Å². The van der Waals surface area contributed by atoms with Gasteiger partial charge in [-0.05, 0) is 74.4 Å². The molecule has 1 saturated carbocycles. The third-order valence-electron chi connectivity index (χ3n) is 8.35. The van der Waals surface area contributed by atoms with Crippen molar-refractivity contribution in [3.05, 3.63) is 69.7 Å². The summed E-state index contributed by atoms with van der Waals surface area (Å²) in [7, 11) is -1.77. The quantitative estimate of drug-likeness (QED) is 0.338. The Morgan fingerprint density at radius 2 is 1.79 bits per heavy atom. The second-order valence-electron chi connectivity index (χ2n) is 11.0. The van der Waals surface area contributed by atoms with Gasteiger partial charge in [0.05, 0.1) is 23.1 Å². The van der Waals surface area contributed by atoms with Crippen LogP contribution in [0.15, 0.2) is 48.5 Å². The van der Waals surface area contributed by atoms with Gasteiger partial charge in [0.1, 0.15) is 0 Å². The Hall–Kier alpha value is -2.13. The van der Waals surface area contributed by atoms with Crippen LogP contribution in [0.4, 0.5) is 0 Å². The van der Waals surface area contributed by atoms with Crippen molar-refractivity contribution in [1.29, 1.82) is 0 Å². The van der Waals surface area contributed by atoms with Crippen molar-refractivity contribution in [3.63, 3.8) is 0 Å². The van der Waals surface area contributed by atoms with E-state index in [0.29, 0.717) is 42.1 Å². The molecule has 0 radical (unpaired) electrons. The van der Waals surface area contributed by atoms with Gasteiger partial charge in [-0.3, -0.25) is 9.59 Å². The van der Waals surface area contributed by atoms with Gasteiger partial charge in [0.2, 0.25) is 15.9 Å². The highest BCUT2D eigenvalue weighted by Gasteiger charge is 2.53. The minimum absolute atomic E-state index is 0.217. The molecule has 2 aromatic rings. The summed E-state index contributed by atoms with van der Waals surface area (Å²) in [6.45, 7) is 4.04. The van der Waals surface area contributed by atoms with Gasteiger partial charge in [-0.25, -0.2) is 12.7 Å². The molecule has 0 unspecified atom stereocenters. The molecule has 0 spiro atoms. The number of carboxylic acids is 1. The van der Waals surface area contributed by atoms with Crippen LogP contribution in [0.25, 0.3) is 0 Å². The van der Waals surface area contributed by atoms with E-state index in [4.69, 9.17) is 23.2 Å². The lowest BCUT2D eigenvalue weighted by Gasteiger charge is -2.52. The van der Waals surface area contributed by atoms with Crippen molar-refractivity contribution in [3.8, 4) is 0 Å². The van der Waals surface area contributed by atoms with Crippen LogP contribution in [0.5, 0.6) is 0 Å². The Labute approximate surface area is 241 Å². The van der Waals surface area contributed by atoms with E-state index in [9.17, 15) is 23.1 Å². The van der Waals surface area contributed by atoms with Gasteiger partial charge in [0.15, 0.2) is 0 Å². The van der Waals surface area contributed by atoms with E-state index in [-0.39, 0.29) is 36.1 Å². The number of benzene rings is 2. The van der Waals surface area contributed by atoms with Crippen molar-refractivity contribution in [2.45, 2.75) is 75.6 Å². The summed E-state index contributed by atoms with van der Waals surface area (Å²) in [5, 5.41) is 10.7. The lowest BCUT2D eigenvalue weighted by Crippen LogP contribution is -2.56. The van der Waals surface area contributed by atoms with Crippen LogP contribution < -0.4 is 0 Å². The summed E-state index contributed by atoms with van der Waals surface area (Å²) >= 11 is 12.6. The molecule has 4 rings (SSSR count). The van der Waals surface area contributed by atoms with E-state index >= 15 is 0 Å². The number of aliphatic carboxylic acids is 1. The summed E-state index contributed by atoms with van der Waals surface area (Å²) in [4.78, 5) is 28.3. The largest absolute Gasteiger partial charge is 0.481 e. The van der Waals surface area contributed by atoms with Crippen LogP contribution in [0.3, 0.4) is 0 Å². The Kier molecular flexibility index (Phi) is 9.01. The summed E-state index contributed by atoms with van der Waals surface area (Å²) in [5.74, 6) is -1.48. The molecule has 0 aromatic heterocycles. The van der Waals surface area contributed by atoms with Gasteiger partial charge in [-0.1, -0.05) is 54.4 Å². The monoisotopic (exact) mass is 594 g/mol. The number of hydrogen-bond donors (Lipinski definition) is 1. The first kappa shape index (κ1) is 29.8. The zero-order valence-corrected chi connectivity index (χ0v) is 24.8. The number of rotatable bonds is 11. The van der Waals surface area contributed by atoms with Crippen molar-refractivity contribution in [2.75, 3.05) is 13.6 Å². The number of carbonyl (C=O) groups is 2. The summed E-state index contributed by atoms with van der Waals surface area (Å²) in [6.07, 6.45) is 2.20. The molecule has 1 aliphatic carbocycles. The molecule has 39 heavy (non-hydrogen) atoms. The highest BCUT2D eigenvalue weighted by Crippen LogP contribution is 2.53. The molecule has 1 N–H and O–H groups in total. The van der Waals surface area contributed by atoms with Crippen LogP contribution in [0.2, 0.25) is 10.0 Å². The van der Waals surface area contributed by atoms with Gasteiger partial charge < -0.3 is 10.0 Å². The van der Waals surface area contributed by atoms with E-state index < -0.39 is 27.4 Å². The Bertz CT molecular complexity index is 1320. The number of piperidine rings is 1. The molecular weight excluding hydrogens is 559 g/mol. The van der Waals surface area contributed by atoms with Crippen molar-refractivity contribution < 1.29 is 23.1 Å². The molecule has 7 nitrogen and oxygen atoms in total. The highest BCUT2D eigenvalue weighted by molar-refractivity contribution is 7.90. The fourth-order valence-electron chi connectivity index (χ4n) is 5.89. The fourth-order valence-corrected chi connectivity index (χ4v) is 7.82. The Morgan fingerprint density at radius 3 is 2.36 bits per heavy atom. The standard InChI is InChI=1S/C29H36Cl2N2O5S/c1-4-29(18-26(34)35)17-25(21-6-5-7-23(31)16-21)27(20-8-10-22(30)11-9-20)33(28(29)36)19(2)14-15-32(3)39(37,38)24-12-13-24/h5-11,16,19,24-25,27H,4,12-15,17-18H2,1-3H3,(H,34,35)/t19-,25+,27+,29+/m0/s1. The molecule has 1 saturated heterocycles. The SMILES string of the molecule is CC[C@]1(CC(=O)O)C[C@H](c2cccc(Cl)c2)[C@@H](c2ccc(Cl)cc2)N([C@@H](C)CCN(C)S(=O)(=O)C2CC2)C1=O. The van der Waals surface area contributed by atoms with Crippen molar-refractivity contribution in [1.82, 2.24) is 9.21 Å². The van der Waals surface area contributed by atoms with Crippen LogP contribution in [-0.2, 0) is 19.6 Å². The normalized spacial score (nSPS) is 24.7.